The molecule has 5 heteroatoms. The number of H-pyrrole nitrogens is 1. The first kappa shape index (κ1) is 12.6. The van der Waals surface area contributed by atoms with Crippen molar-refractivity contribution in [3.63, 3.8) is 0 Å². The van der Waals surface area contributed by atoms with Gasteiger partial charge in [-0.15, -0.1) is 0 Å². The molecule has 112 valence electrons. The lowest BCUT2D eigenvalue weighted by Gasteiger charge is -2.23. The fourth-order valence-corrected chi connectivity index (χ4v) is 3.48. The summed E-state index contributed by atoms with van der Waals surface area (Å²) in [4.78, 5) is 20.7. The van der Waals surface area contributed by atoms with Gasteiger partial charge in [0.2, 0.25) is 0 Å². The Morgan fingerprint density at radius 3 is 2.70 bits per heavy atom. The zero-order valence-electron chi connectivity index (χ0n) is 12.2. The Morgan fingerprint density at radius 2 is 1.83 bits per heavy atom. The summed E-state index contributed by atoms with van der Waals surface area (Å²) in [5, 5.41) is 12.1. The van der Waals surface area contributed by atoms with Crippen molar-refractivity contribution in [3.05, 3.63) is 64.4 Å². The number of hydrogen-bond donors (Lipinski definition) is 2. The summed E-state index contributed by atoms with van der Waals surface area (Å²) in [7, 11) is 0. The molecule has 1 aliphatic rings. The van der Waals surface area contributed by atoms with Gasteiger partial charge >= 0.3 is 0 Å². The fraction of sp³-hybridized carbons (Fsp3) is 0.111. The van der Waals surface area contributed by atoms with Crippen molar-refractivity contribution in [1.29, 1.82) is 0 Å². The van der Waals surface area contributed by atoms with E-state index in [9.17, 15) is 9.90 Å². The minimum absolute atomic E-state index is 0.206. The van der Waals surface area contributed by atoms with Crippen LogP contribution in [0.1, 0.15) is 11.8 Å². The number of para-hydroxylation sites is 2. The quantitative estimate of drug-likeness (QED) is 0.524. The number of aromatic amines is 1. The van der Waals surface area contributed by atoms with E-state index in [-0.39, 0.29) is 5.56 Å². The molecule has 0 fully saturated rings. The van der Waals surface area contributed by atoms with Crippen LogP contribution in [0.25, 0.3) is 33.3 Å². The lowest BCUT2D eigenvalue weighted by Crippen LogP contribution is -2.31. The smallest absolute Gasteiger partial charge is 0.263 e. The zero-order chi connectivity index (χ0) is 15.6. The van der Waals surface area contributed by atoms with Crippen molar-refractivity contribution in [1.82, 2.24) is 14.5 Å². The number of nitrogens with one attached hydrogen (secondary N) is 1. The molecule has 4 aromatic rings. The lowest BCUT2D eigenvalue weighted by molar-refractivity contribution is 0.0991. The molecule has 3 heterocycles. The summed E-state index contributed by atoms with van der Waals surface area (Å²) in [6, 6.07) is 15.2. The van der Waals surface area contributed by atoms with E-state index in [2.05, 4.69) is 9.97 Å². The van der Waals surface area contributed by atoms with Crippen molar-refractivity contribution in [2.45, 2.75) is 12.6 Å². The molecule has 0 amide bonds. The van der Waals surface area contributed by atoms with Gasteiger partial charge in [0.15, 0.2) is 5.82 Å². The molecule has 0 saturated heterocycles. The van der Waals surface area contributed by atoms with Crippen molar-refractivity contribution in [2.24, 2.45) is 0 Å². The molecule has 23 heavy (non-hydrogen) atoms. The third-order valence-corrected chi connectivity index (χ3v) is 4.53. The number of fused-ring (bicyclic) bond motifs is 6. The van der Waals surface area contributed by atoms with Crippen LogP contribution < -0.4 is 5.56 Å². The standard InChI is InChI=1S/C18H13N3O2/c22-15-9-12-10-5-1-3-7-13(10)19-16(12)17-20-14-8-4-2-6-11(14)18(23)21(15)17/h1-8,15,19,22H,9H2/t15-/m1/s1. The van der Waals surface area contributed by atoms with E-state index >= 15 is 0 Å². The van der Waals surface area contributed by atoms with E-state index in [4.69, 9.17) is 0 Å². The summed E-state index contributed by atoms with van der Waals surface area (Å²) in [6.45, 7) is 0. The molecule has 1 aliphatic heterocycles. The number of aliphatic hydroxyl groups is 1. The summed E-state index contributed by atoms with van der Waals surface area (Å²) < 4.78 is 1.39. The highest BCUT2D eigenvalue weighted by molar-refractivity contribution is 5.91. The molecule has 0 aliphatic carbocycles. The van der Waals surface area contributed by atoms with Gasteiger partial charge in [-0.05, 0) is 23.8 Å². The summed E-state index contributed by atoms with van der Waals surface area (Å²) in [5.74, 6) is 0.499. The predicted molar refractivity (Wildman–Crippen MR) is 88.3 cm³/mol. The Labute approximate surface area is 130 Å². The van der Waals surface area contributed by atoms with Crippen LogP contribution in [0, 0.1) is 0 Å². The van der Waals surface area contributed by atoms with Gasteiger partial charge in [-0.2, -0.15) is 0 Å². The third-order valence-electron chi connectivity index (χ3n) is 4.53. The van der Waals surface area contributed by atoms with E-state index in [0.717, 1.165) is 22.2 Å². The average Bonchev–Trinajstić information content (AvgIpc) is 2.94. The highest BCUT2D eigenvalue weighted by Crippen LogP contribution is 2.36. The molecular formula is C18H13N3O2. The number of benzene rings is 2. The third kappa shape index (κ3) is 1.59. The van der Waals surface area contributed by atoms with E-state index < -0.39 is 6.23 Å². The Kier molecular flexibility index (Phi) is 2.36. The van der Waals surface area contributed by atoms with Crippen LogP contribution in [-0.4, -0.2) is 19.6 Å². The first-order chi connectivity index (χ1) is 11.2. The Bertz CT molecular complexity index is 1140. The Morgan fingerprint density at radius 1 is 1.09 bits per heavy atom. The molecular weight excluding hydrogens is 290 g/mol. The maximum absolute atomic E-state index is 12.8. The second-order valence-electron chi connectivity index (χ2n) is 5.84. The molecule has 0 unspecified atom stereocenters. The van der Waals surface area contributed by atoms with Gasteiger partial charge in [0.25, 0.3) is 5.56 Å². The van der Waals surface area contributed by atoms with Gasteiger partial charge in [-0.25, -0.2) is 4.98 Å². The lowest BCUT2D eigenvalue weighted by atomic mass is 10.0. The van der Waals surface area contributed by atoms with Crippen LogP contribution in [0.3, 0.4) is 0 Å². The maximum atomic E-state index is 12.8. The molecule has 2 N–H and O–H groups in total. The fourth-order valence-electron chi connectivity index (χ4n) is 3.48. The first-order valence-corrected chi connectivity index (χ1v) is 7.53. The number of aromatic nitrogens is 3. The average molecular weight is 303 g/mol. The summed E-state index contributed by atoms with van der Waals surface area (Å²) in [6.07, 6.45) is -0.506. The minimum atomic E-state index is -0.902. The van der Waals surface area contributed by atoms with Crippen LogP contribution in [0.15, 0.2) is 53.3 Å². The summed E-state index contributed by atoms with van der Waals surface area (Å²) >= 11 is 0. The molecule has 0 bridgehead atoms. The number of aliphatic hydroxyl groups excluding tert-OH is 1. The summed E-state index contributed by atoms with van der Waals surface area (Å²) in [5.41, 5.74) is 3.25. The van der Waals surface area contributed by atoms with E-state index in [1.165, 1.54) is 4.57 Å². The van der Waals surface area contributed by atoms with Crippen LogP contribution in [-0.2, 0) is 6.42 Å². The zero-order valence-corrected chi connectivity index (χ0v) is 12.2. The van der Waals surface area contributed by atoms with Gasteiger partial charge in [0.1, 0.15) is 6.23 Å². The van der Waals surface area contributed by atoms with Crippen molar-refractivity contribution in [3.8, 4) is 11.5 Å². The molecule has 5 rings (SSSR count). The van der Waals surface area contributed by atoms with E-state index in [0.29, 0.717) is 23.1 Å². The predicted octanol–water partition coefficient (Wildman–Crippen LogP) is 2.59. The highest BCUT2D eigenvalue weighted by atomic mass is 16.3. The van der Waals surface area contributed by atoms with Crippen LogP contribution >= 0.6 is 0 Å². The first-order valence-electron chi connectivity index (χ1n) is 7.53. The molecule has 0 spiro atoms. The van der Waals surface area contributed by atoms with Gasteiger partial charge in [-0.3, -0.25) is 9.36 Å². The Hall–Kier alpha value is -2.92. The second kappa shape index (κ2) is 4.30. The maximum Gasteiger partial charge on any atom is 0.263 e. The van der Waals surface area contributed by atoms with Crippen molar-refractivity contribution in [2.75, 3.05) is 0 Å². The number of nitrogens with zero attached hydrogens (tertiary/aromatic N) is 2. The normalized spacial score (nSPS) is 16.5. The van der Waals surface area contributed by atoms with E-state index in [1.807, 2.05) is 42.5 Å². The SMILES string of the molecule is O=c1c2ccccc2nc2n1[C@H](O)Cc1c-2[nH]c2ccccc12. The van der Waals surface area contributed by atoms with Crippen molar-refractivity contribution >= 4 is 21.8 Å². The van der Waals surface area contributed by atoms with Gasteiger partial charge in [-0.1, -0.05) is 30.3 Å². The van der Waals surface area contributed by atoms with Crippen molar-refractivity contribution < 1.29 is 5.11 Å². The molecule has 2 aromatic carbocycles. The van der Waals surface area contributed by atoms with Crippen LogP contribution in [0.2, 0.25) is 0 Å². The number of rotatable bonds is 0. The largest absolute Gasteiger partial charge is 0.373 e. The topological polar surface area (TPSA) is 70.9 Å². The van der Waals surface area contributed by atoms with Gasteiger partial charge in [0.05, 0.1) is 16.6 Å². The molecule has 0 saturated carbocycles. The highest BCUT2D eigenvalue weighted by Gasteiger charge is 2.29. The van der Waals surface area contributed by atoms with Crippen LogP contribution in [0.5, 0.6) is 0 Å². The minimum Gasteiger partial charge on any atom is -0.373 e. The monoisotopic (exact) mass is 303 g/mol. The van der Waals surface area contributed by atoms with E-state index in [1.54, 1.807) is 6.07 Å². The van der Waals surface area contributed by atoms with Gasteiger partial charge < -0.3 is 10.1 Å². The number of hydrogen-bond acceptors (Lipinski definition) is 3. The Balaban J connectivity index is 1.95. The van der Waals surface area contributed by atoms with Crippen LogP contribution in [0.4, 0.5) is 0 Å². The molecule has 0 radical (unpaired) electrons. The second-order valence-corrected chi connectivity index (χ2v) is 5.84. The molecule has 5 nitrogen and oxygen atoms in total. The molecule has 1 atom stereocenters. The molecule has 2 aromatic heterocycles. The van der Waals surface area contributed by atoms with Gasteiger partial charge in [0, 0.05) is 17.3 Å².